The summed E-state index contributed by atoms with van der Waals surface area (Å²) in [6, 6.07) is 10.8. The molecule has 0 unspecified atom stereocenters. The summed E-state index contributed by atoms with van der Waals surface area (Å²) in [5.74, 6) is 0.149. The molecular weight excluding hydrogens is 545 g/mol. The second kappa shape index (κ2) is 8.71. The van der Waals surface area contributed by atoms with E-state index in [1.165, 1.54) is 0 Å². The fourth-order valence-electron chi connectivity index (χ4n) is 4.97. The van der Waals surface area contributed by atoms with Crippen molar-refractivity contribution >= 4 is 45.8 Å². The van der Waals surface area contributed by atoms with Gasteiger partial charge < -0.3 is 20.1 Å². The van der Waals surface area contributed by atoms with Gasteiger partial charge in [-0.3, -0.25) is 15.1 Å². The molecule has 7 nitrogen and oxygen atoms in total. The summed E-state index contributed by atoms with van der Waals surface area (Å²) in [6.07, 6.45) is 2.28. The number of nitrogens with one attached hydrogen (secondary N) is 3. The van der Waals surface area contributed by atoms with E-state index in [2.05, 4.69) is 10.6 Å². The van der Waals surface area contributed by atoms with Crippen molar-refractivity contribution in [1.29, 1.82) is 5.41 Å². The first-order valence-corrected chi connectivity index (χ1v) is 11.8. The van der Waals surface area contributed by atoms with E-state index in [1.54, 1.807) is 17.0 Å². The standard InChI is InChI=1S/C23H23F2IN4O3/c24-21(25)33-19-10-13(26)4-5-18(19)28-17-3-1-2-16-15(17)11-23(16)12-20(31)30(22(27)29-23)14-6-8-32-9-7-14/h1-5,10,14,21,28H,6-9,11-12H2,(H2,27,29)/t23-/m0/s1. The Balaban J connectivity index is 1.38. The molecule has 1 spiro atoms. The predicted molar refractivity (Wildman–Crippen MR) is 127 cm³/mol. The first-order chi connectivity index (χ1) is 15.9. The number of amides is 1. The van der Waals surface area contributed by atoms with Gasteiger partial charge >= 0.3 is 6.61 Å². The van der Waals surface area contributed by atoms with Crippen LogP contribution in [0.15, 0.2) is 36.4 Å². The Morgan fingerprint density at radius 3 is 2.73 bits per heavy atom. The highest BCUT2D eigenvalue weighted by Crippen LogP contribution is 2.48. The molecule has 3 aliphatic rings. The Kier molecular flexibility index (Phi) is 5.89. The molecular formula is C23H23F2IN4O3. The molecule has 1 atom stereocenters. The van der Waals surface area contributed by atoms with Gasteiger partial charge in [0.25, 0.3) is 0 Å². The molecule has 0 saturated carbocycles. The largest absolute Gasteiger partial charge is 0.433 e. The van der Waals surface area contributed by atoms with Crippen LogP contribution in [-0.2, 0) is 21.5 Å². The number of guanidine groups is 1. The van der Waals surface area contributed by atoms with Gasteiger partial charge in [-0.05, 0) is 70.8 Å². The van der Waals surface area contributed by atoms with Gasteiger partial charge in [-0.25, -0.2) is 0 Å². The average Bonchev–Trinajstić information content (AvgIpc) is 2.76. The second-order valence-electron chi connectivity index (χ2n) is 8.49. The molecule has 2 aliphatic heterocycles. The number of hydrogen-bond acceptors (Lipinski definition) is 5. The Morgan fingerprint density at radius 1 is 1.21 bits per heavy atom. The lowest BCUT2D eigenvalue weighted by Crippen LogP contribution is -2.66. The van der Waals surface area contributed by atoms with Crippen molar-refractivity contribution < 1.29 is 23.0 Å². The Bertz CT molecular complexity index is 1090. The maximum atomic E-state index is 13.1. The lowest BCUT2D eigenvalue weighted by Gasteiger charge is -2.51. The SMILES string of the molecule is N=C1N[C@]2(CC(=O)N1C1CCOCC1)Cc1c(Nc3ccc(I)cc3OC(F)F)cccc12. The van der Waals surface area contributed by atoms with E-state index in [9.17, 15) is 13.6 Å². The van der Waals surface area contributed by atoms with Crippen LogP contribution in [0.2, 0.25) is 0 Å². The molecule has 10 heteroatoms. The van der Waals surface area contributed by atoms with Gasteiger partial charge in [0.05, 0.1) is 17.6 Å². The van der Waals surface area contributed by atoms with Crippen molar-refractivity contribution in [3.8, 4) is 5.75 Å². The third-order valence-electron chi connectivity index (χ3n) is 6.48. The lowest BCUT2D eigenvalue weighted by atomic mass is 9.67. The number of hydrogen-bond donors (Lipinski definition) is 3. The fourth-order valence-corrected chi connectivity index (χ4v) is 5.43. The Labute approximate surface area is 203 Å². The summed E-state index contributed by atoms with van der Waals surface area (Å²) >= 11 is 2.05. The number of fused-ring (bicyclic) bond motifs is 2. The van der Waals surface area contributed by atoms with Gasteiger partial charge in [-0.1, -0.05) is 12.1 Å². The monoisotopic (exact) mass is 568 g/mol. The zero-order valence-corrected chi connectivity index (χ0v) is 19.8. The molecule has 33 heavy (non-hydrogen) atoms. The van der Waals surface area contributed by atoms with Crippen molar-refractivity contribution in [2.45, 2.75) is 43.9 Å². The van der Waals surface area contributed by atoms with Crippen LogP contribution in [-0.4, -0.2) is 42.6 Å². The van der Waals surface area contributed by atoms with Crippen LogP contribution in [0.1, 0.15) is 30.4 Å². The number of carbonyl (C=O) groups excluding carboxylic acids is 1. The molecule has 2 aromatic rings. The minimum atomic E-state index is -2.92. The molecule has 0 radical (unpaired) electrons. The summed E-state index contributed by atoms with van der Waals surface area (Å²) in [7, 11) is 0. The van der Waals surface area contributed by atoms with Crippen molar-refractivity contribution in [1.82, 2.24) is 10.2 Å². The van der Waals surface area contributed by atoms with Gasteiger partial charge in [0, 0.05) is 34.9 Å². The lowest BCUT2D eigenvalue weighted by molar-refractivity contribution is -0.134. The van der Waals surface area contributed by atoms with Crippen LogP contribution in [0, 0.1) is 8.98 Å². The Hall–Kier alpha value is -2.47. The average molecular weight is 568 g/mol. The van der Waals surface area contributed by atoms with Crippen LogP contribution < -0.4 is 15.4 Å². The number of anilines is 2. The third-order valence-corrected chi connectivity index (χ3v) is 7.15. The number of benzene rings is 2. The zero-order valence-electron chi connectivity index (χ0n) is 17.7. The normalized spacial score (nSPS) is 22.7. The van der Waals surface area contributed by atoms with Crippen molar-refractivity contribution in [2.75, 3.05) is 18.5 Å². The molecule has 1 amide bonds. The van der Waals surface area contributed by atoms with E-state index >= 15 is 0 Å². The van der Waals surface area contributed by atoms with Crippen LogP contribution in [0.4, 0.5) is 20.2 Å². The van der Waals surface area contributed by atoms with Gasteiger partial charge in [0.2, 0.25) is 5.91 Å². The minimum absolute atomic E-state index is 0.00900. The summed E-state index contributed by atoms with van der Waals surface area (Å²) in [5.41, 5.74) is 2.53. The number of ether oxygens (including phenoxy) is 2. The van der Waals surface area contributed by atoms with E-state index in [0.29, 0.717) is 25.3 Å². The molecule has 2 fully saturated rings. The van der Waals surface area contributed by atoms with Crippen LogP contribution >= 0.6 is 22.6 Å². The molecule has 2 saturated heterocycles. The molecule has 0 aromatic heterocycles. The Morgan fingerprint density at radius 2 is 2.00 bits per heavy atom. The molecule has 2 aromatic carbocycles. The van der Waals surface area contributed by atoms with E-state index in [0.717, 1.165) is 33.2 Å². The van der Waals surface area contributed by atoms with Crippen molar-refractivity contribution in [3.63, 3.8) is 0 Å². The summed E-state index contributed by atoms with van der Waals surface area (Å²) in [4.78, 5) is 14.7. The molecule has 5 rings (SSSR count). The zero-order chi connectivity index (χ0) is 23.2. The molecule has 0 bridgehead atoms. The van der Waals surface area contributed by atoms with E-state index in [-0.39, 0.29) is 30.1 Å². The fraction of sp³-hybridized carbons (Fsp3) is 0.391. The van der Waals surface area contributed by atoms with Crippen LogP contribution in [0.5, 0.6) is 5.75 Å². The predicted octanol–water partition coefficient (Wildman–Crippen LogP) is 4.32. The third kappa shape index (κ3) is 4.14. The maximum Gasteiger partial charge on any atom is 0.387 e. The highest BCUT2D eigenvalue weighted by Gasteiger charge is 2.51. The number of carbonyl (C=O) groups is 1. The van der Waals surface area contributed by atoms with Gasteiger partial charge in [-0.15, -0.1) is 0 Å². The number of alkyl halides is 2. The molecule has 3 N–H and O–H groups in total. The number of nitrogens with zero attached hydrogens (tertiary/aromatic N) is 1. The van der Waals surface area contributed by atoms with Gasteiger partial charge in [0.1, 0.15) is 0 Å². The number of halogens is 3. The highest BCUT2D eigenvalue weighted by molar-refractivity contribution is 14.1. The quantitative estimate of drug-likeness (QED) is 0.468. The van der Waals surface area contributed by atoms with Crippen molar-refractivity contribution in [3.05, 3.63) is 51.1 Å². The minimum Gasteiger partial charge on any atom is -0.433 e. The van der Waals surface area contributed by atoms with E-state index < -0.39 is 12.2 Å². The first kappa shape index (κ1) is 22.3. The second-order valence-corrected chi connectivity index (χ2v) is 9.74. The summed E-state index contributed by atoms with van der Waals surface area (Å²) in [6.45, 7) is -1.73. The van der Waals surface area contributed by atoms with Gasteiger partial charge in [-0.2, -0.15) is 8.78 Å². The maximum absolute atomic E-state index is 13.1. The smallest absolute Gasteiger partial charge is 0.387 e. The number of rotatable bonds is 5. The van der Waals surface area contributed by atoms with Gasteiger partial charge in [0.15, 0.2) is 11.7 Å². The first-order valence-electron chi connectivity index (χ1n) is 10.8. The summed E-state index contributed by atoms with van der Waals surface area (Å²) < 4.78 is 36.6. The molecule has 2 heterocycles. The highest BCUT2D eigenvalue weighted by atomic mass is 127. The molecule has 174 valence electrons. The van der Waals surface area contributed by atoms with E-state index in [1.807, 2.05) is 46.9 Å². The van der Waals surface area contributed by atoms with Crippen molar-refractivity contribution in [2.24, 2.45) is 0 Å². The van der Waals surface area contributed by atoms with E-state index in [4.69, 9.17) is 14.9 Å². The van der Waals surface area contributed by atoms with Crippen LogP contribution in [0.25, 0.3) is 0 Å². The molecule has 1 aliphatic carbocycles. The van der Waals surface area contributed by atoms with Crippen LogP contribution in [0.3, 0.4) is 0 Å². The summed E-state index contributed by atoms with van der Waals surface area (Å²) in [5, 5.41) is 15.1. The topological polar surface area (TPSA) is 86.7 Å².